The molecule has 3 heterocycles. The van der Waals surface area contributed by atoms with Gasteiger partial charge in [-0.25, -0.2) is 4.98 Å². The Morgan fingerprint density at radius 2 is 1.53 bits per heavy atom. The molecule has 0 aliphatic heterocycles. The van der Waals surface area contributed by atoms with Crippen molar-refractivity contribution in [3.8, 4) is 11.3 Å². The second-order valence-electron chi connectivity index (χ2n) is 14.6. The minimum absolute atomic E-state index is 0. The number of aryl methyl sites for hydroxylation is 1. The SMILES string of the molecule is CCC(C)(CC)C(=O)/C=C(\O)C(C)(CC)CC.Cc1csc2c1ccc1sc3ncnc(-c4[c-]c5ccccc5c(C(C)(C)C)c4)c3c12.[Ir]. The van der Waals surface area contributed by atoms with Crippen LogP contribution < -0.4 is 0 Å². The summed E-state index contributed by atoms with van der Waals surface area (Å²) < 4.78 is 2.59. The van der Waals surface area contributed by atoms with E-state index in [-0.39, 0.29) is 47.9 Å². The van der Waals surface area contributed by atoms with Crippen molar-refractivity contribution >= 4 is 69.6 Å². The van der Waals surface area contributed by atoms with Crippen LogP contribution in [-0.4, -0.2) is 20.9 Å². The van der Waals surface area contributed by atoms with Crippen LogP contribution in [0.2, 0.25) is 0 Å². The zero-order valence-corrected chi connectivity index (χ0v) is 34.5. The summed E-state index contributed by atoms with van der Waals surface area (Å²) in [7, 11) is 0. The molecule has 0 bridgehead atoms. The maximum atomic E-state index is 12.2. The average molecular weight is 870 g/mol. The second kappa shape index (κ2) is 15.1. The van der Waals surface area contributed by atoms with E-state index >= 15 is 0 Å². The maximum Gasteiger partial charge on any atom is 0.164 e. The quantitative estimate of drug-likeness (QED) is 0.0940. The van der Waals surface area contributed by atoms with Gasteiger partial charge in [0.25, 0.3) is 0 Å². The molecule has 0 aliphatic carbocycles. The normalized spacial score (nSPS) is 12.7. The van der Waals surface area contributed by atoms with E-state index in [4.69, 9.17) is 4.98 Å². The fourth-order valence-electron chi connectivity index (χ4n) is 6.17. The third-order valence-electron chi connectivity index (χ3n) is 10.6. The number of carbonyl (C=O) groups is 1. The fraction of sp³-hybridized carbons (Fsp3) is 0.405. The third-order valence-corrected chi connectivity index (χ3v) is 12.8. The number of allylic oxidation sites excluding steroid dienone is 2. The van der Waals surface area contributed by atoms with Gasteiger partial charge in [-0.05, 0) is 60.4 Å². The molecule has 6 rings (SSSR count). The minimum atomic E-state index is -0.337. The molecule has 0 fully saturated rings. The number of thiophene rings is 2. The standard InChI is InChI=1S/C27H21N2S2.C15H28O2.Ir/c1-15-13-30-25-18(15)9-10-21-22(25)23-24(28-14-29-26(23)31-21)17-11-16-7-5-6-8-19(16)20(12-17)27(2,3)4;1-7-14(5,8-2)12(16)11-13(17)15(6,9-3)10-4;/h5-10,12-14H,1-4H3;11,16H,7-10H2,1-6H3;/q-1;;/b;12-11-;. The van der Waals surface area contributed by atoms with Gasteiger partial charge in [0.1, 0.15) is 16.9 Å². The van der Waals surface area contributed by atoms with Crippen molar-refractivity contribution in [3.63, 3.8) is 0 Å². The summed E-state index contributed by atoms with van der Waals surface area (Å²) in [6.07, 6.45) is 6.45. The van der Waals surface area contributed by atoms with Crippen LogP contribution >= 0.6 is 22.7 Å². The summed E-state index contributed by atoms with van der Waals surface area (Å²) in [5.41, 5.74) is 4.08. The number of hydrogen-bond acceptors (Lipinski definition) is 6. The first kappa shape index (κ1) is 38.8. The van der Waals surface area contributed by atoms with Crippen molar-refractivity contribution in [1.82, 2.24) is 9.97 Å². The van der Waals surface area contributed by atoms with Crippen LogP contribution in [0.4, 0.5) is 0 Å². The van der Waals surface area contributed by atoms with E-state index < -0.39 is 0 Å². The summed E-state index contributed by atoms with van der Waals surface area (Å²) in [5.74, 6) is 0.286. The van der Waals surface area contributed by atoms with Crippen molar-refractivity contribution in [1.29, 1.82) is 0 Å². The van der Waals surface area contributed by atoms with E-state index in [1.165, 1.54) is 42.8 Å². The number of fused-ring (bicyclic) bond motifs is 6. The van der Waals surface area contributed by atoms with Gasteiger partial charge in [0.2, 0.25) is 0 Å². The number of benzene rings is 3. The number of nitrogens with zero attached hydrogens (tertiary/aromatic N) is 2. The number of rotatable bonds is 8. The molecule has 0 aliphatic rings. The maximum absolute atomic E-state index is 12.2. The van der Waals surface area contributed by atoms with Crippen molar-refractivity contribution in [2.45, 2.75) is 100 Å². The first-order valence-corrected chi connectivity index (χ1v) is 18.9. The summed E-state index contributed by atoms with van der Waals surface area (Å²) in [6, 6.07) is 19.0. The van der Waals surface area contributed by atoms with Crippen LogP contribution in [0.1, 0.15) is 99.1 Å². The van der Waals surface area contributed by atoms with Crippen molar-refractivity contribution in [3.05, 3.63) is 83.2 Å². The number of aliphatic hydroxyl groups is 1. The van der Waals surface area contributed by atoms with Crippen LogP contribution in [0.15, 0.2) is 66.0 Å². The molecule has 0 amide bonds. The monoisotopic (exact) mass is 870 g/mol. The van der Waals surface area contributed by atoms with Crippen LogP contribution in [0, 0.1) is 23.8 Å². The number of carbonyl (C=O) groups excluding carboxylic acids is 1. The van der Waals surface area contributed by atoms with Crippen molar-refractivity contribution in [2.75, 3.05) is 0 Å². The molecule has 4 nitrogen and oxygen atoms in total. The molecule has 3 aromatic carbocycles. The first-order valence-electron chi connectivity index (χ1n) is 17.2. The van der Waals surface area contributed by atoms with Crippen LogP contribution in [0.5, 0.6) is 0 Å². The smallest absolute Gasteiger partial charge is 0.164 e. The Morgan fingerprint density at radius 1 is 0.878 bits per heavy atom. The fourth-order valence-corrected chi connectivity index (χ4v) is 8.40. The number of aliphatic hydroxyl groups excluding tert-OH is 1. The Balaban J connectivity index is 0.000000260. The van der Waals surface area contributed by atoms with Gasteiger partial charge in [-0.3, -0.25) is 9.78 Å². The summed E-state index contributed by atoms with van der Waals surface area (Å²) in [4.78, 5) is 22.7. The van der Waals surface area contributed by atoms with Gasteiger partial charge in [-0.2, -0.15) is 0 Å². The molecule has 0 saturated carbocycles. The minimum Gasteiger partial charge on any atom is -0.512 e. The Bertz CT molecular complexity index is 2140. The van der Waals surface area contributed by atoms with Gasteiger partial charge >= 0.3 is 0 Å². The van der Waals surface area contributed by atoms with Gasteiger partial charge in [-0.1, -0.05) is 97.5 Å². The molecule has 0 unspecified atom stereocenters. The molecular formula is C42H49IrN2O2S2-. The van der Waals surface area contributed by atoms with Gasteiger partial charge in [-0.15, -0.1) is 51.8 Å². The molecule has 261 valence electrons. The van der Waals surface area contributed by atoms with Crippen LogP contribution in [0.3, 0.4) is 0 Å². The largest absolute Gasteiger partial charge is 0.512 e. The summed E-state index contributed by atoms with van der Waals surface area (Å²) >= 11 is 3.57. The van der Waals surface area contributed by atoms with E-state index in [0.29, 0.717) is 0 Å². The number of ketones is 1. The zero-order chi connectivity index (χ0) is 35.0. The summed E-state index contributed by atoms with van der Waals surface area (Å²) in [6.45, 7) is 21.1. The molecule has 1 N–H and O–H groups in total. The Kier molecular flexibility index (Phi) is 12.0. The van der Waals surface area contributed by atoms with Crippen molar-refractivity contribution in [2.24, 2.45) is 10.8 Å². The van der Waals surface area contributed by atoms with Gasteiger partial charge in [0, 0.05) is 62.9 Å². The molecule has 1 radical (unpaired) electrons. The number of aromatic nitrogens is 2. The molecule has 49 heavy (non-hydrogen) atoms. The Hall–Kier alpha value is -2.96. The summed E-state index contributed by atoms with van der Waals surface area (Å²) in [5, 5.41) is 18.5. The second-order valence-corrected chi connectivity index (χ2v) is 16.5. The van der Waals surface area contributed by atoms with E-state index in [9.17, 15) is 9.90 Å². The van der Waals surface area contributed by atoms with E-state index in [2.05, 4.69) is 86.6 Å². The Morgan fingerprint density at radius 3 is 2.16 bits per heavy atom. The van der Waals surface area contributed by atoms with E-state index in [1.54, 1.807) is 17.7 Å². The molecule has 0 spiro atoms. The zero-order valence-electron chi connectivity index (χ0n) is 30.5. The molecule has 3 aromatic heterocycles. The van der Waals surface area contributed by atoms with Crippen LogP contribution in [-0.2, 0) is 30.3 Å². The third kappa shape index (κ3) is 7.42. The average Bonchev–Trinajstić information content (AvgIpc) is 3.66. The van der Waals surface area contributed by atoms with E-state index in [0.717, 1.165) is 52.5 Å². The Labute approximate surface area is 313 Å². The first-order chi connectivity index (χ1) is 22.7. The van der Waals surface area contributed by atoms with Crippen LogP contribution in [0.25, 0.3) is 52.4 Å². The molecular weight excluding hydrogens is 821 g/mol. The topological polar surface area (TPSA) is 63.1 Å². The number of hydrogen-bond donors (Lipinski definition) is 1. The van der Waals surface area contributed by atoms with E-state index in [1.807, 2.05) is 52.9 Å². The predicted molar refractivity (Wildman–Crippen MR) is 209 cm³/mol. The molecule has 0 atom stereocenters. The molecule has 6 aromatic rings. The molecule has 7 heteroatoms. The van der Waals surface area contributed by atoms with Crippen molar-refractivity contribution < 1.29 is 30.0 Å². The van der Waals surface area contributed by atoms with Gasteiger partial charge < -0.3 is 5.11 Å². The van der Waals surface area contributed by atoms with Gasteiger partial charge in [0.15, 0.2) is 5.78 Å². The van der Waals surface area contributed by atoms with Gasteiger partial charge in [0.05, 0.1) is 0 Å². The predicted octanol–water partition coefficient (Wildman–Crippen LogP) is 12.9. The molecule has 0 saturated heterocycles.